The van der Waals surface area contributed by atoms with Gasteiger partial charge in [-0.3, -0.25) is 10.1 Å². The summed E-state index contributed by atoms with van der Waals surface area (Å²) in [5, 5.41) is 3.06. The summed E-state index contributed by atoms with van der Waals surface area (Å²) in [5.74, 6) is 1.04. The molecule has 0 bridgehead atoms. The van der Waals surface area contributed by atoms with Gasteiger partial charge in [-0.15, -0.1) is 0 Å². The molecule has 1 heterocycles. The van der Waals surface area contributed by atoms with Gasteiger partial charge in [-0.2, -0.15) is 20.5 Å². The Morgan fingerprint density at radius 2 is 2.24 bits per heavy atom. The quantitative estimate of drug-likeness (QED) is 0.785. The zero-order chi connectivity index (χ0) is 15.2. The van der Waals surface area contributed by atoms with E-state index in [1.807, 2.05) is 6.26 Å². The second-order valence-corrected chi connectivity index (χ2v) is 5.62. The van der Waals surface area contributed by atoms with Crippen molar-refractivity contribution in [3.8, 4) is 5.75 Å². The molecule has 0 aliphatic carbocycles. The highest BCUT2D eigenvalue weighted by molar-refractivity contribution is 7.98. The van der Waals surface area contributed by atoms with Crippen molar-refractivity contribution in [2.45, 2.75) is 19.2 Å². The Kier molecular flexibility index (Phi) is 5.81. The van der Waals surface area contributed by atoms with Crippen LogP contribution in [0.2, 0.25) is 0 Å². The molecule has 1 fully saturated rings. The molecule has 0 aromatic heterocycles. The first kappa shape index (κ1) is 16.0. The molecule has 1 aromatic carbocycles. The summed E-state index contributed by atoms with van der Waals surface area (Å²) in [7, 11) is 0. The van der Waals surface area contributed by atoms with Gasteiger partial charge in [0.1, 0.15) is 11.9 Å². The minimum Gasteiger partial charge on any atom is -0.434 e. The zero-order valence-electron chi connectivity index (χ0n) is 11.7. The van der Waals surface area contributed by atoms with Crippen molar-refractivity contribution in [1.29, 1.82) is 0 Å². The van der Waals surface area contributed by atoms with Crippen LogP contribution in [0.1, 0.15) is 18.2 Å². The summed E-state index contributed by atoms with van der Waals surface area (Å²) in [6.45, 7) is -2.07. The third-order valence-electron chi connectivity index (χ3n) is 3.26. The number of thioether (sulfide) groups is 1. The zero-order valence-corrected chi connectivity index (χ0v) is 12.5. The Morgan fingerprint density at radius 3 is 2.95 bits per heavy atom. The van der Waals surface area contributed by atoms with Crippen molar-refractivity contribution < 1.29 is 18.3 Å². The largest absolute Gasteiger partial charge is 0.434 e. The monoisotopic (exact) mass is 316 g/mol. The Hall–Kier alpha value is -1.34. The van der Waals surface area contributed by atoms with Crippen LogP contribution in [0.5, 0.6) is 5.75 Å². The lowest BCUT2D eigenvalue weighted by Crippen LogP contribution is -2.32. The van der Waals surface area contributed by atoms with Crippen LogP contribution in [-0.4, -0.2) is 42.5 Å². The second kappa shape index (κ2) is 7.61. The molecule has 1 aromatic rings. The Balaban J connectivity index is 2.17. The average Bonchev–Trinajstić information content (AvgIpc) is 2.81. The van der Waals surface area contributed by atoms with Crippen LogP contribution < -0.4 is 10.1 Å². The lowest BCUT2D eigenvalue weighted by Gasteiger charge is -2.26. The SMILES string of the molecule is CSCCCN1C(=O)CNC1c1ccccc1OC(F)F. The molecule has 4 nitrogen and oxygen atoms in total. The van der Waals surface area contributed by atoms with E-state index >= 15 is 0 Å². The highest BCUT2D eigenvalue weighted by Crippen LogP contribution is 2.31. The number of alkyl halides is 2. The Bertz CT molecular complexity index is 488. The van der Waals surface area contributed by atoms with Gasteiger partial charge in [0.25, 0.3) is 0 Å². The second-order valence-electron chi connectivity index (χ2n) is 4.63. The van der Waals surface area contributed by atoms with E-state index in [-0.39, 0.29) is 18.2 Å². The number of benzene rings is 1. The van der Waals surface area contributed by atoms with Gasteiger partial charge in [-0.25, -0.2) is 0 Å². The van der Waals surface area contributed by atoms with E-state index in [2.05, 4.69) is 10.1 Å². The van der Waals surface area contributed by atoms with E-state index in [1.54, 1.807) is 34.9 Å². The highest BCUT2D eigenvalue weighted by atomic mass is 32.2. The van der Waals surface area contributed by atoms with E-state index in [4.69, 9.17) is 0 Å². The van der Waals surface area contributed by atoms with Gasteiger partial charge in [-0.1, -0.05) is 18.2 Å². The molecular formula is C14H18F2N2O2S. The lowest BCUT2D eigenvalue weighted by atomic mass is 10.1. The summed E-state index contributed by atoms with van der Waals surface area (Å²) in [6.07, 6.45) is 2.46. The first-order valence-electron chi connectivity index (χ1n) is 6.69. The van der Waals surface area contributed by atoms with E-state index in [0.717, 1.165) is 12.2 Å². The number of nitrogens with one attached hydrogen (secondary N) is 1. The van der Waals surface area contributed by atoms with Gasteiger partial charge in [0.05, 0.1) is 6.54 Å². The smallest absolute Gasteiger partial charge is 0.387 e. The number of carbonyl (C=O) groups is 1. The molecule has 1 amide bonds. The molecule has 0 radical (unpaired) electrons. The Labute approximate surface area is 126 Å². The molecule has 7 heteroatoms. The predicted octanol–water partition coefficient (Wildman–Crippen LogP) is 2.47. The molecule has 0 saturated carbocycles. The molecule has 1 aliphatic rings. The average molecular weight is 316 g/mol. The minimum atomic E-state index is -2.88. The van der Waals surface area contributed by atoms with Crippen molar-refractivity contribution in [3.05, 3.63) is 29.8 Å². The number of ether oxygens (including phenoxy) is 1. The summed E-state index contributed by atoms with van der Waals surface area (Å²) >= 11 is 1.71. The van der Waals surface area contributed by atoms with Crippen molar-refractivity contribution in [2.24, 2.45) is 0 Å². The van der Waals surface area contributed by atoms with Gasteiger partial charge < -0.3 is 9.64 Å². The van der Waals surface area contributed by atoms with Gasteiger partial charge in [0.15, 0.2) is 0 Å². The maximum atomic E-state index is 12.5. The topological polar surface area (TPSA) is 41.6 Å². The first-order valence-corrected chi connectivity index (χ1v) is 8.08. The third kappa shape index (κ3) is 4.07. The number of halogens is 2. The minimum absolute atomic E-state index is 0.0204. The van der Waals surface area contributed by atoms with Crippen LogP contribution in [0.25, 0.3) is 0 Å². The fourth-order valence-electron chi connectivity index (χ4n) is 2.36. The number of rotatable bonds is 7. The number of amides is 1. The van der Waals surface area contributed by atoms with E-state index < -0.39 is 12.8 Å². The van der Waals surface area contributed by atoms with Crippen molar-refractivity contribution in [2.75, 3.05) is 25.1 Å². The van der Waals surface area contributed by atoms with Gasteiger partial charge in [0.2, 0.25) is 5.91 Å². The molecule has 0 spiro atoms. The molecule has 116 valence electrons. The first-order chi connectivity index (χ1) is 10.1. The molecular weight excluding hydrogens is 298 g/mol. The summed E-state index contributed by atoms with van der Waals surface area (Å²) in [4.78, 5) is 13.6. The van der Waals surface area contributed by atoms with E-state index in [0.29, 0.717) is 12.1 Å². The number of para-hydroxylation sites is 1. The van der Waals surface area contributed by atoms with Crippen LogP contribution >= 0.6 is 11.8 Å². The van der Waals surface area contributed by atoms with Crippen molar-refractivity contribution in [1.82, 2.24) is 10.2 Å². The van der Waals surface area contributed by atoms with Crippen LogP contribution in [0.15, 0.2) is 24.3 Å². The number of carbonyl (C=O) groups excluding carboxylic acids is 1. The lowest BCUT2D eigenvalue weighted by molar-refractivity contribution is -0.128. The van der Waals surface area contributed by atoms with E-state index in [1.165, 1.54) is 6.07 Å². The number of hydrogen-bond acceptors (Lipinski definition) is 4. The summed E-state index contributed by atoms with van der Waals surface area (Å²) in [5.41, 5.74) is 0.563. The fourth-order valence-corrected chi connectivity index (χ4v) is 2.78. The Morgan fingerprint density at radius 1 is 1.48 bits per heavy atom. The number of nitrogens with zero attached hydrogens (tertiary/aromatic N) is 1. The molecule has 1 atom stereocenters. The van der Waals surface area contributed by atoms with Crippen LogP contribution in [0, 0.1) is 0 Å². The standard InChI is InChI=1S/C14H18F2N2O2S/c1-21-8-4-7-18-12(19)9-17-13(18)10-5-2-3-6-11(10)20-14(15)16/h2-3,5-6,13-14,17H,4,7-9H2,1H3. The maximum Gasteiger partial charge on any atom is 0.387 e. The maximum absolute atomic E-state index is 12.5. The van der Waals surface area contributed by atoms with Gasteiger partial charge in [0, 0.05) is 12.1 Å². The number of hydrogen-bond donors (Lipinski definition) is 1. The highest BCUT2D eigenvalue weighted by Gasteiger charge is 2.33. The molecule has 21 heavy (non-hydrogen) atoms. The van der Waals surface area contributed by atoms with Crippen LogP contribution in [-0.2, 0) is 4.79 Å². The van der Waals surface area contributed by atoms with Gasteiger partial charge in [-0.05, 0) is 24.5 Å². The summed E-state index contributed by atoms with van der Waals surface area (Å²) in [6, 6.07) is 6.58. The van der Waals surface area contributed by atoms with Crippen molar-refractivity contribution >= 4 is 17.7 Å². The van der Waals surface area contributed by atoms with Crippen LogP contribution in [0.3, 0.4) is 0 Å². The molecule has 1 saturated heterocycles. The van der Waals surface area contributed by atoms with E-state index in [9.17, 15) is 13.6 Å². The van der Waals surface area contributed by atoms with Crippen molar-refractivity contribution in [3.63, 3.8) is 0 Å². The predicted molar refractivity (Wildman–Crippen MR) is 78.5 cm³/mol. The van der Waals surface area contributed by atoms with Gasteiger partial charge >= 0.3 is 6.61 Å². The third-order valence-corrected chi connectivity index (χ3v) is 3.95. The molecule has 1 N–H and O–H groups in total. The van der Waals surface area contributed by atoms with Crippen LogP contribution in [0.4, 0.5) is 8.78 Å². The molecule has 2 rings (SSSR count). The fraction of sp³-hybridized carbons (Fsp3) is 0.500. The normalized spacial score (nSPS) is 18.6. The molecule has 1 unspecified atom stereocenters. The molecule has 1 aliphatic heterocycles. The summed E-state index contributed by atoms with van der Waals surface area (Å²) < 4.78 is 29.5.